The Bertz CT molecular complexity index is 581. The molecule has 114 valence electrons. The van der Waals surface area contributed by atoms with Crippen molar-refractivity contribution < 1.29 is 9.84 Å². The van der Waals surface area contributed by atoms with Crippen molar-refractivity contribution in [2.75, 3.05) is 13.7 Å². The van der Waals surface area contributed by atoms with E-state index in [1.165, 1.54) is 0 Å². The van der Waals surface area contributed by atoms with Gasteiger partial charge in [0.05, 0.1) is 29.5 Å². The van der Waals surface area contributed by atoms with E-state index in [1.807, 2.05) is 44.2 Å². The molecule has 1 atom stereocenters. The second kappa shape index (κ2) is 6.73. The zero-order valence-corrected chi connectivity index (χ0v) is 14.2. The number of nitrogens with zero attached hydrogens (tertiary/aromatic N) is 2. The number of rotatable bonds is 6. The van der Waals surface area contributed by atoms with Crippen molar-refractivity contribution >= 4 is 15.9 Å². The number of aliphatic hydroxyl groups excluding tert-OH is 1. The Balaban J connectivity index is 2.35. The SMILES string of the molecule is COCCn1ncc(Br)c1C(O)C(C)(C)c1ccccc1. The van der Waals surface area contributed by atoms with Crippen LogP contribution in [0, 0.1) is 0 Å². The first kappa shape index (κ1) is 16.2. The molecule has 1 unspecified atom stereocenters. The summed E-state index contributed by atoms with van der Waals surface area (Å²) in [6.45, 7) is 5.24. The number of aliphatic hydroxyl groups is 1. The second-order valence-electron chi connectivity index (χ2n) is 5.58. The highest BCUT2D eigenvalue weighted by Gasteiger charge is 2.34. The Labute approximate surface area is 133 Å². The van der Waals surface area contributed by atoms with Crippen LogP contribution in [0.4, 0.5) is 0 Å². The minimum atomic E-state index is -0.673. The third-order valence-electron chi connectivity index (χ3n) is 3.80. The van der Waals surface area contributed by atoms with Gasteiger partial charge in [-0.2, -0.15) is 5.10 Å². The largest absolute Gasteiger partial charge is 0.386 e. The van der Waals surface area contributed by atoms with Crippen LogP contribution < -0.4 is 0 Å². The van der Waals surface area contributed by atoms with Crippen molar-refractivity contribution in [1.82, 2.24) is 9.78 Å². The van der Waals surface area contributed by atoms with E-state index in [0.717, 1.165) is 15.7 Å². The lowest BCUT2D eigenvalue weighted by Gasteiger charge is -2.32. The van der Waals surface area contributed by atoms with Gasteiger partial charge in [0.1, 0.15) is 6.10 Å². The summed E-state index contributed by atoms with van der Waals surface area (Å²) in [7, 11) is 1.66. The molecule has 0 aliphatic heterocycles. The molecule has 0 bridgehead atoms. The first-order chi connectivity index (χ1) is 9.98. The summed E-state index contributed by atoms with van der Waals surface area (Å²) in [5, 5.41) is 15.2. The van der Waals surface area contributed by atoms with Gasteiger partial charge in [-0.25, -0.2) is 0 Å². The fourth-order valence-corrected chi connectivity index (χ4v) is 2.88. The molecule has 1 aromatic carbocycles. The second-order valence-corrected chi connectivity index (χ2v) is 6.44. The summed E-state index contributed by atoms with van der Waals surface area (Å²) in [5.74, 6) is 0. The van der Waals surface area contributed by atoms with Gasteiger partial charge in [0.2, 0.25) is 0 Å². The van der Waals surface area contributed by atoms with Crippen LogP contribution in [0.2, 0.25) is 0 Å². The van der Waals surface area contributed by atoms with Crippen LogP contribution >= 0.6 is 15.9 Å². The predicted molar refractivity (Wildman–Crippen MR) is 86.2 cm³/mol. The third kappa shape index (κ3) is 3.36. The monoisotopic (exact) mass is 352 g/mol. The highest BCUT2D eigenvalue weighted by molar-refractivity contribution is 9.10. The average molecular weight is 353 g/mol. The number of hydrogen-bond donors (Lipinski definition) is 1. The first-order valence-corrected chi connectivity index (χ1v) is 7.71. The number of ether oxygens (including phenoxy) is 1. The topological polar surface area (TPSA) is 47.3 Å². The normalized spacial score (nSPS) is 13.4. The fourth-order valence-electron chi connectivity index (χ4n) is 2.37. The van der Waals surface area contributed by atoms with Crippen molar-refractivity contribution in [2.45, 2.75) is 31.9 Å². The predicted octanol–water partition coefficient (Wildman–Crippen LogP) is 3.30. The van der Waals surface area contributed by atoms with E-state index in [2.05, 4.69) is 21.0 Å². The van der Waals surface area contributed by atoms with E-state index in [-0.39, 0.29) is 0 Å². The molecule has 0 fully saturated rings. The summed E-state index contributed by atoms with van der Waals surface area (Å²) >= 11 is 3.49. The van der Waals surface area contributed by atoms with Gasteiger partial charge in [-0.3, -0.25) is 4.68 Å². The van der Waals surface area contributed by atoms with Crippen LogP contribution in [0.3, 0.4) is 0 Å². The Morgan fingerprint density at radius 3 is 2.62 bits per heavy atom. The Morgan fingerprint density at radius 2 is 2.00 bits per heavy atom. The van der Waals surface area contributed by atoms with Crippen molar-refractivity contribution in [3.8, 4) is 0 Å². The summed E-state index contributed by atoms with van der Waals surface area (Å²) < 4.78 is 7.71. The van der Waals surface area contributed by atoms with E-state index in [9.17, 15) is 5.11 Å². The molecule has 0 aliphatic carbocycles. The maximum absolute atomic E-state index is 10.9. The zero-order valence-electron chi connectivity index (χ0n) is 12.6. The summed E-state index contributed by atoms with van der Waals surface area (Å²) in [4.78, 5) is 0. The molecule has 1 aromatic heterocycles. The van der Waals surface area contributed by atoms with Crippen LogP contribution in [0.5, 0.6) is 0 Å². The Hall–Kier alpha value is -1.17. The summed E-state index contributed by atoms with van der Waals surface area (Å²) in [6.07, 6.45) is 1.04. The highest BCUT2D eigenvalue weighted by Crippen LogP contribution is 2.39. The van der Waals surface area contributed by atoms with E-state index in [4.69, 9.17) is 4.74 Å². The maximum atomic E-state index is 10.9. The van der Waals surface area contributed by atoms with Gasteiger partial charge < -0.3 is 9.84 Å². The molecule has 21 heavy (non-hydrogen) atoms. The molecule has 0 radical (unpaired) electrons. The molecule has 1 heterocycles. The van der Waals surface area contributed by atoms with Crippen molar-refractivity contribution in [1.29, 1.82) is 0 Å². The molecule has 0 amide bonds. The number of methoxy groups -OCH3 is 1. The molecule has 0 saturated heterocycles. The van der Waals surface area contributed by atoms with Gasteiger partial charge in [0.15, 0.2) is 0 Å². The quantitative estimate of drug-likeness (QED) is 0.867. The molecular formula is C16H21BrN2O2. The molecule has 4 nitrogen and oxygen atoms in total. The third-order valence-corrected chi connectivity index (χ3v) is 4.41. The minimum Gasteiger partial charge on any atom is -0.386 e. The van der Waals surface area contributed by atoms with E-state index < -0.39 is 11.5 Å². The van der Waals surface area contributed by atoms with E-state index >= 15 is 0 Å². The van der Waals surface area contributed by atoms with Gasteiger partial charge >= 0.3 is 0 Å². The van der Waals surface area contributed by atoms with Crippen molar-refractivity contribution in [2.24, 2.45) is 0 Å². The van der Waals surface area contributed by atoms with Crippen molar-refractivity contribution in [3.63, 3.8) is 0 Å². The molecular weight excluding hydrogens is 332 g/mol. The highest BCUT2D eigenvalue weighted by atomic mass is 79.9. The summed E-state index contributed by atoms with van der Waals surface area (Å²) in [6, 6.07) is 10.0. The molecule has 0 saturated carbocycles. The lowest BCUT2D eigenvalue weighted by atomic mass is 9.78. The molecule has 1 N–H and O–H groups in total. The lowest BCUT2D eigenvalue weighted by molar-refractivity contribution is 0.0876. The minimum absolute atomic E-state index is 0.422. The van der Waals surface area contributed by atoms with Crippen LogP contribution in [0.25, 0.3) is 0 Å². The number of hydrogen-bond acceptors (Lipinski definition) is 3. The number of benzene rings is 1. The number of aromatic nitrogens is 2. The maximum Gasteiger partial charge on any atom is 0.106 e. The molecule has 0 aliphatic rings. The van der Waals surface area contributed by atoms with Gasteiger partial charge in [-0.05, 0) is 21.5 Å². The van der Waals surface area contributed by atoms with Gasteiger partial charge in [0, 0.05) is 12.5 Å². The summed E-state index contributed by atoms with van der Waals surface area (Å²) in [5.41, 5.74) is 1.44. The van der Waals surface area contributed by atoms with Gasteiger partial charge in [-0.15, -0.1) is 0 Å². The van der Waals surface area contributed by atoms with Gasteiger partial charge in [-0.1, -0.05) is 44.2 Å². The molecule has 2 rings (SSSR count). The van der Waals surface area contributed by atoms with Crippen molar-refractivity contribution in [3.05, 3.63) is 52.3 Å². The molecule has 0 spiro atoms. The Morgan fingerprint density at radius 1 is 1.33 bits per heavy atom. The van der Waals surface area contributed by atoms with Crippen LogP contribution in [0.1, 0.15) is 31.2 Å². The van der Waals surface area contributed by atoms with E-state index in [1.54, 1.807) is 18.0 Å². The zero-order chi connectivity index (χ0) is 15.5. The fraction of sp³-hybridized carbons (Fsp3) is 0.438. The molecule has 2 aromatic rings. The standard InChI is InChI=1S/C16H21BrN2O2/c1-16(2,12-7-5-4-6-8-12)15(20)14-13(17)11-18-19(14)9-10-21-3/h4-8,11,15,20H,9-10H2,1-3H3. The molecule has 5 heteroatoms. The first-order valence-electron chi connectivity index (χ1n) is 6.92. The van der Waals surface area contributed by atoms with E-state index in [0.29, 0.717) is 13.2 Å². The average Bonchev–Trinajstić information content (AvgIpc) is 2.86. The lowest BCUT2D eigenvalue weighted by Crippen LogP contribution is -2.29. The van der Waals surface area contributed by atoms with Gasteiger partial charge in [0.25, 0.3) is 0 Å². The van der Waals surface area contributed by atoms with Crippen LogP contribution in [0.15, 0.2) is 41.0 Å². The van der Waals surface area contributed by atoms with Crippen LogP contribution in [-0.4, -0.2) is 28.6 Å². The smallest absolute Gasteiger partial charge is 0.106 e. The van der Waals surface area contributed by atoms with Crippen LogP contribution in [-0.2, 0) is 16.7 Å². The number of halogens is 1. The Kier molecular flexibility index (Phi) is 5.19.